The topological polar surface area (TPSA) is 74.6 Å². The van der Waals surface area contributed by atoms with Gasteiger partial charge in [0.1, 0.15) is 0 Å². The molecule has 0 atom stereocenters. The largest absolute Gasteiger partial charge is 0.394 e. The van der Waals surface area contributed by atoms with Crippen LogP contribution < -0.4 is 0 Å². The van der Waals surface area contributed by atoms with Crippen LogP contribution in [0, 0.1) is 0 Å². The summed E-state index contributed by atoms with van der Waals surface area (Å²) in [5, 5.41) is 0. The molecule has 0 aliphatic heterocycles. The van der Waals surface area contributed by atoms with E-state index in [1.807, 2.05) is 0 Å². The van der Waals surface area contributed by atoms with Crippen LogP contribution in [0.2, 0.25) is 0.515 Å². The summed E-state index contributed by atoms with van der Waals surface area (Å²) in [5.74, 6) is 0. The minimum atomic E-state index is -4.67. The van der Waals surface area contributed by atoms with E-state index in [0.717, 1.165) is 49.0 Å². The van der Waals surface area contributed by atoms with Gasteiger partial charge < -0.3 is 0 Å². The maximum absolute atomic E-state index is 8.74. The molecule has 82 valence electrons. The SMILES string of the molecule is CCCCCCC[CH2][K].O=S(=O)(O)O. The van der Waals surface area contributed by atoms with E-state index in [-0.39, 0.29) is 0 Å². The molecule has 0 spiro atoms. The van der Waals surface area contributed by atoms with Crippen molar-refractivity contribution in [2.45, 2.75) is 46.0 Å². The van der Waals surface area contributed by atoms with E-state index in [9.17, 15) is 0 Å². The summed E-state index contributed by atoms with van der Waals surface area (Å²) >= 11 is 1.11. The third-order valence-corrected chi connectivity index (χ3v) is 2.81. The first kappa shape index (κ1) is 17.9. The number of unbranched alkanes of at least 4 members (excludes halogenated alkanes) is 5. The fourth-order valence-corrected chi connectivity index (χ4v) is 1.81. The predicted molar refractivity (Wildman–Crippen MR) is 58.1 cm³/mol. The first-order valence-corrected chi connectivity index (χ1v) is 8.72. The first-order valence-electron chi connectivity index (χ1n) is 5.11. The average Bonchev–Trinajstić information content (AvgIpc) is 2.01. The Labute approximate surface area is 121 Å². The normalized spacial score (nSPS) is 10.6. The average molecular weight is 250 g/mol. The van der Waals surface area contributed by atoms with Crippen LogP contribution >= 0.6 is 0 Å². The van der Waals surface area contributed by atoms with E-state index in [4.69, 9.17) is 17.5 Å². The van der Waals surface area contributed by atoms with Gasteiger partial charge in [0.05, 0.1) is 0 Å². The Morgan fingerprint density at radius 2 is 1.36 bits per heavy atom. The maximum Gasteiger partial charge on any atom is 0.394 e. The molecular weight excluding hydrogens is 231 g/mol. The monoisotopic (exact) mass is 250 g/mol. The first-order chi connectivity index (χ1) is 6.41. The quantitative estimate of drug-likeness (QED) is 0.431. The van der Waals surface area contributed by atoms with Gasteiger partial charge >= 0.3 is 105 Å². The number of hydrogen-bond acceptors (Lipinski definition) is 2. The van der Waals surface area contributed by atoms with E-state index < -0.39 is 10.4 Å². The summed E-state index contributed by atoms with van der Waals surface area (Å²) in [7, 11) is -4.67. The van der Waals surface area contributed by atoms with Crippen molar-refractivity contribution in [2.75, 3.05) is 0 Å². The second-order valence-electron chi connectivity index (χ2n) is 3.22. The van der Waals surface area contributed by atoms with Crippen molar-refractivity contribution in [1.82, 2.24) is 0 Å². The van der Waals surface area contributed by atoms with E-state index in [0.29, 0.717) is 0 Å². The fraction of sp³-hybridized carbons (Fsp3) is 1.00. The van der Waals surface area contributed by atoms with Gasteiger partial charge in [-0.1, -0.05) is 0 Å². The third-order valence-electron chi connectivity index (χ3n) is 1.71. The fourth-order valence-electron chi connectivity index (χ4n) is 1.03. The van der Waals surface area contributed by atoms with Crippen molar-refractivity contribution in [1.29, 1.82) is 0 Å². The molecule has 0 aromatic carbocycles. The van der Waals surface area contributed by atoms with Gasteiger partial charge in [-0.2, -0.15) is 8.42 Å². The molecule has 0 unspecified atom stereocenters. The molecule has 14 heavy (non-hydrogen) atoms. The Hall–Kier alpha value is 1.51. The molecule has 0 aliphatic rings. The minimum Gasteiger partial charge on any atom is -0.264 e. The molecule has 0 heterocycles. The van der Waals surface area contributed by atoms with Gasteiger partial charge in [-0.25, -0.2) is 0 Å². The van der Waals surface area contributed by atoms with Crippen LogP contribution in [0.25, 0.3) is 0 Å². The van der Waals surface area contributed by atoms with Gasteiger partial charge in [0.2, 0.25) is 0 Å². The molecular formula is C8H19KO4S. The summed E-state index contributed by atoms with van der Waals surface area (Å²) in [5.41, 5.74) is 0. The Bertz CT molecular complexity index is 178. The zero-order valence-electron chi connectivity index (χ0n) is 9.07. The summed E-state index contributed by atoms with van der Waals surface area (Å²) in [6.07, 6.45) is 8.81. The van der Waals surface area contributed by atoms with E-state index in [2.05, 4.69) is 6.92 Å². The summed E-state index contributed by atoms with van der Waals surface area (Å²) in [6.45, 7) is 2.27. The van der Waals surface area contributed by atoms with E-state index in [1.165, 1.54) is 38.5 Å². The minimum absolute atomic E-state index is 1.11. The maximum atomic E-state index is 8.74. The molecule has 0 aromatic rings. The van der Waals surface area contributed by atoms with Crippen LogP contribution in [0.5, 0.6) is 0 Å². The van der Waals surface area contributed by atoms with Crippen molar-refractivity contribution in [3.05, 3.63) is 0 Å². The number of hydrogen-bond donors (Lipinski definition) is 2. The van der Waals surface area contributed by atoms with Gasteiger partial charge in [-0.15, -0.1) is 0 Å². The summed E-state index contributed by atoms with van der Waals surface area (Å²) in [4.78, 5) is 0. The van der Waals surface area contributed by atoms with Gasteiger partial charge in [0, 0.05) is 0 Å². The van der Waals surface area contributed by atoms with Gasteiger partial charge in [-0.3, -0.25) is 9.11 Å². The molecule has 0 rings (SSSR count). The van der Waals surface area contributed by atoms with Crippen molar-refractivity contribution in [3.63, 3.8) is 0 Å². The predicted octanol–water partition coefficient (Wildman–Crippen LogP) is 2.28. The molecule has 0 radical (unpaired) electrons. The van der Waals surface area contributed by atoms with Gasteiger partial charge in [0.15, 0.2) is 0 Å². The van der Waals surface area contributed by atoms with Crippen LogP contribution in [0.3, 0.4) is 0 Å². The molecule has 0 aliphatic carbocycles. The van der Waals surface area contributed by atoms with E-state index >= 15 is 0 Å². The molecule has 0 saturated carbocycles. The van der Waals surface area contributed by atoms with Crippen molar-refractivity contribution >= 4 is 59.4 Å². The molecule has 0 aromatic heterocycles. The Morgan fingerprint density at radius 1 is 1.00 bits per heavy atom. The Kier molecular flexibility index (Phi) is 16.1. The molecule has 4 nitrogen and oxygen atoms in total. The molecule has 6 heteroatoms. The van der Waals surface area contributed by atoms with Crippen LogP contribution in [-0.2, 0) is 10.4 Å². The standard InChI is InChI=1S/C8H17.K.H2O4S/c1-3-5-7-8-6-4-2;;1-5(2,3)4/h1,3-8H2,2H3;;(H2,1,2,3,4). The van der Waals surface area contributed by atoms with Crippen molar-refractivity contribution < 1.29 is 17.5 Å². The molecule has 0 amide bonds. The van der Waals surface area contributed by atoms with Crippen LogP contribution in [0.4, 0.5) is 0 Å². The van der Waals surface area contributed by atoms with Crippen LogP contribution in [0.15, 0.2) is 0 Å². The molecule has 2 N–H and O–H groups in total. The second-order valence-corrected chi connectivity index (χ2v) is 5.67. The third kappa shape index (κ3) is 37.5. The van der Waals surface area contributed by atoms with Crippen LogP contribution in [0.1, 0.15) is 45.4 Å². The Balaban J connectivity index is 0. The smallest absolute Gasteiger partial charge is 0.264 e. The molecule has 0 fully saturated rings. The summed E-state index contributed by atoms with van der Waals surface area (Å²) in [6, 6.07) is 0. The summed E-state index contributed by atoms with van der Waals surface area (Å²) < 4.78 is 33.1. The van der Waals surface area contributed by atoms with E-state index in [1.54, 1.807) is 0.515 Å². The zero-order chi connectivity index (χ0) is 11.4. The van der Waals surface area contributed by atoms with Crippen molar-refractivity contribution in [2.24, 2.45) is 0 Å². The van der Waals surface area contributed by atoms with Gasteiger partial charge in [-0.05, 0) is 0 Å². The molecule has 0 bridgehead atoms. The zero-order valence-corrected chi connectivity index (χ0v) is 13.0. The Morgan fingerprint density at radius 3 is 1.71 bits per heavy atom. The van der Waals surface area contributed by atoms with Gasteiger partial charge in [0.25, 0.3) is 0 Å². The number of rotatable bonds is 6. The van der Waals surface area contributed by atoms with Crippen molar-refractivity contribution in [3.8, 4) is 0 Å². The van der Waals surface area contributed by atoms with Crippen LogP contribution in [-0.4, -0.2) is 66.5 Å². The second kappa shape index (κ2) is 12.6. The molecule has 0 saturated heterocycles.